The molecule has 5 heteroatoms. The maximum Gasteiger partial charge on any atom is 0.240 e. The Kier molecular flexibility index (Phi) is 5.11. The maximum atomic E-state index is 12.3. The van der Waals surface area contributed by atoms with E-state index < -0.39 is 10.0 Å². The number of hydrogen-bond acceptors (Lipinski definition) is 3. The van der Waals surface area contributed by atoms with Crippen LogP contribution in [-0.2, 0) is 16.4 Å². The van der Waals surface area contributed by atoms with E-state index >= 15 is 0 Å². The SMILES string of the molecule is CC(=O)c1cccc(S(=O)(=O)NCCc2ccccc2C)c1. The zero-order chi connectivity index (χ0) is 16.2. The van der Waals surface area contributed by atoms with Gasteiger partial charge in [0.05, 0.1) is 4.90 Å². The Bertz CT molecular complexity index is 782. The van der Waals surface area contributed by atoms with Gasteiger partial charge in [-0.2, -0.15) is 0 Å². The van der Waals surface area contributed by atoms with Crippen LogP contribution in [0.25, 0.3) is 0 Å². The summed E-state index contributed by atoms with van der Waals surface area (Å²) in [6, 6.07) is 14.0. The molecule has 1 N–H and O–H groups in total. The van der Waals surface area contributed by atoms with Crippen LogP contribution in [-0.4, -0.2) is 20.7 Å². The molecule has 4 nitrogen and oxygen atoms in total. The molecule has 0 fully saturated rings. The molecule has 0 radical (unpaired) electrons. The molecular weight excluding hydrogens is 298 g/mol. The summed E-state index contributed by atoms with van der Waals surface area (Å²) in [5.41, 5.74) is 2.64. The number of benzene rings is 2. The van der Waals surface area contributed by atoms with Crippen molar-refractivity contribution in [2.45, 2.75) is 25.2 Å². The number of ketones is 1. The van der Waals surface area contributed by atoms with Crippen molar-refractivity contribution in [3.63, 3.8) is 0 Å². The molecule has 22 heavy (non-hydrogen) atoms. The van der Waals surface area contributed by atoms with Crippen molar-refractivity contribution in [3.05, 3.63) is 65.2 Å². The van der Waals surface area contributed by atoms with Crippen LogP contribution in [0.2, 0.25) is 0 Å². The van der Waals surface area contributed by atoms with E-state index in [0.29, 0.717) is 18.5 Å². The lowest BCUT2D eigenvalue weighted by Gasteiger charge is -2.09. The molecule has 2 aromatic rings. The van der Waals surface area contributed by atoms with Gasteiger partial charge in [-0.05, 0) is 43.5 Å². The standard InChI is InChI=1S/C17H19NO3S/c1-13-6-3-4-7-15(13)10-11-18-22(20,21)17-9-5-8-16(12-17)14(2)19/h3-9,12,18H,10-11H2,1-2H3. The van der Waals surface area contributed by atoms with Gasteiger partial charge in [0, 0.05) is 12.1 Å². The summed E-state index contributed by atoms with van der Waals surface area (Å²) in [7, 11) is -3.60. The Morgan fingerprint density at radius 2 is 1.82 bits per heavy atom. The maximum absolute atomic E-state index is 12.3. The van der Waals surface area contributed by atoms with Crippen LogP contribution in [0.15, 0.2) is 53.4 Å². The highest BCUT2D eigenvalue weighted by molar-refractivity contribution is 7.89. The smallest absolute Gasteiger partial charge is 0.240 e. The van der Waals surface area contributed by atoms with Gasteiger partial charge in [-0.25, -0.2) is 13.1 Å². The van der Waals surface area contributed by atoms with Crippen LogP contribution in [0.1, 0.15) is 28.4 Å². The van der Waals surface area contributed by atoms with E-state index in [1.165, 1.54) is 19.1 Å². The molecule has 0 heterocycles. The number of carbonyl (C=O) groups excluding carboxylic acids is 1. The Hall–Kier alpha value is -1.98. The molecule has 0 amide bonds. The lowest BCUT2D eigenvalue weighted by atomic mass is 10.1. The van der Waals surface area contributed by atoms with Gasteiger partial charge in [-0.15, -0.1) is 0 Å². The number of sulfonamides is 1. The fourth-order valence-corrected chi connectivity index (χ4v) is 3.25. The molecule has 0 unspecified atom stereocenters. The normalized spacial score (nSPS) is 11.4. The van der Waals surface area contributed by atoms with Gasteiger partial charge in [-0.1, -0.05) is 36.4 Å². The fourth-order valence-electron chi connectivity index (χ4n) is 2.18. The molecule has 0 saturated heterocycles. The van der Waals surface area contributed by atoms with Gasteiger partial charge < -0.3 is 0 Å². The van der Waals surface area contributed by atoms with Crippen LogP contribution < -0.4 is 4.72 Å². The molecule has 0 saturated carbocycles. The van der Waals surface area contributed by atoms with Crippen LogP contribution >= 0.6 is 0 Å². The third-order valence-corrected chi connectivity index (χ3v) is 4.96. The first-order valence-corrected chi connectivity index (χ1v) is 8.53. The molecule has 0 bridgehead atoms. The van der Waals surface area contributed by atoms with E-state index in [9.17, 15) is 13.2 Å². The molecule has 0 aliphatic carbocycles. The minimum Gasteiger partial charge on any atom is -0.295 e. The molecule has 2 aromatic carbocycles. The molecule has 0 aliphatic rings. The zero-order valence-electron chi connectivity index (χ0n) is 12.7. The largest absolute Gasteiger partial charge is 0.295 e. The topological polar surface area (TPSA) is 63.2 Å². The molecule has 2 rings (SSSR count). The molecule has 0 aromatic heterocycles. The van der Waals surface area contributed by atoms with Gasteiger partial charge in [-0.3, -0.25) is 4.79 Å². The Morgan fingerprint density at radius 1 is 1.09 bits per heavy atom. The molecule has 116 valence electrons. The van der Waals surface area contributed by atoms with E-state index in [1.54, 1.807) is 12.1 Å². The average molecular weight is 317 g/mol. The van der Waals surface area contributed by atoms with E-state index in [0.717, 1.165) is 11.1 Å². The zero-order valence-corrected chi connectivity index (χ0v) is 13.5. The summed E-state index contributed by atoms with van der Waals surface area (Å²) < 4.78 is 27.1. The van der Waals surface area contributed by atoms with E-state index in [1.807, 2.05) is 31.2 Å². The predicted molar refractivity (Wildman–Crippen MR) is 86.5 cm³/mol. The van der Waals surface area contributed by atoms with Gasteiger partial charge in [0.25, 0.3) is 0 Å². The van der Waals surface area contributed by atoms with Crippen LogP contribution in [0, 0.1) is 6.92 Å². The third-order valence-electron chi connectivity index (χ3n) is 3.50. The molecule has 0 spiro atoms. The van der Waals surface area contributed by atoms with Crippen LogP contribution in [0.5, 0.6) is 0 Å². The summed E-state index contributed by atoms with van der Waals surface area (Å²) in [6.45, 7) is 3.73. The van der Waals surface area contributed by atoms with E-state index in [2.05, 4.69) is 4.72 Å². The Morgan fingerprint density at radius 3 is 2.50 bits per heavy atom. The van der Waals surface area contributed by atoms with Crippen molar-refractivity contribution in [1.82, 2.24) is 4.72 Å². The first-order chi connectivity index (χ1) is 10.4. The average Bonchev–Trinajstić information content (AvgIpc) is 2.49. The Labute approximate surface area is 131 Å². The second kappa shape index (κ2) is 6.85. The van der Waals surface area contributed by atoms with E-state index in [4.69, 9.17) is 0 Å². The first kappa shape index (κ1) is 16.4. The van der Waals surface area contributed by atoms with Crippen molar-refractivity contribution < 1.29 is 13.2 Å². The summed E-state index contributed by atoms with van der Waals surface area (Å²) >= 11 is 0. The number of nitrogens with one attached hydrogen (secondary N) is 1. The number of Topliss-reactive ketones (excluding diaryl/α,β-unsaturated/α-hetero) is 1. The number of aryl methyl sites for hydroxylation is 1. The van der Waals surface area contributed by atoms with Gasteiger partial charge in [0.1, 0.15) is 0 Å². The van der Waals surface area contributed by atoms with Crippen molar-refractivity contribution in [3.8, 4) is 0 Å². The molecule has 0 atom stereocenters. The second-order valence-electron chi connectivity index (χ2n) is 5.16. The van der Waals surface area contributed by atoms with Crippen LogP contribution in [0.4, 0.5) is 0 Å². The number of rotatable bonds is 6. The third kappa shape index (κ3) is 4.02. The lowest BCUT2D eigenvalue weighted by molar-refractivity contribution is 0.101. The highest BCUT2D eigenvalue weighted by atomic mass is 32.2. The van der Waals surface area contributed by atoms with Crippen molar-refractivity contribution in [2.24, 2.45) is 0 Å². The van der Waals surface area contributed by atoms with Crippen molar-refractivity contribution >= 4 is 15.8 Å². The summed E-state index contributed by atoms with van der Waals surface area (Å²) in [6.07, 6.45) is 0.623. The Balaban J connectivity index is 2.07. The van der Waals surface area contributed by atoms with Crippen molar-refractivity contribution in [2.75, 3.05) is 6.54 Å². The molecule has 0 aliphatic heterocycles. The molecular formula is C17H19NO3S. The highest BCUT2D eigenvalue weighted by Crippen LogP contribution is 2.12. The summed E-state index contributed by atoms with van der Waals surface area (Å²) in [5.74, 6) is -0.156. The highest BCUT2D eigenvalue weighted by Gasteiger charge is 2.14. The number of carbonyl (C=O) groups is 1. The summed E-state index contributed by atoms with van der Waals surface area (Å²) in [4.78, 5) is 11.5. The monoisotopic (exact) mass is 317 g/mol. The minimum absolute atomic E-state index is 0.116. The fraction of sp³-hybridized carbons (Fsp3) is 0.235. The van der Waals surface area contributed by atoms with Crippen molar-refractivity contribution in [1.29, 1.82) is 0 Å². The summed E-state index contributed by atoms with van der Waals surface area (Å²) in [5, 5.41) is 0. The number of hydrogen-bond donors (Lipinski definition) is 1. The second-order valence-corrected chi connectivity index (χ2v) is 6.93. The van der Waals surface area contributed by atoms with Gasteiger partial charge >= 0.3 is 0 Å². The first-order valence-electron chi connectivity index (χ1n) is 7.05. The van der Waals surface area contributed by atoms with E-state index in [-0.39, 0.29) is 10.7 Å². The minimum atomic E-state index is -3.60. The quantitative estimate of drug-likeness (QED) is 0.833. The predicted octanol–water partition coefficient (Wildman–Crippen LogP) is 2.72. The van der Waals surface area contributed by atoms with Gasteiger partial charge in [0.15, 0.2) is 5.78 Å². The van der Waals surface area contributed by atoms with Gasteiger partial charge in [0.2, 0.25) is 10.0 Å². The van der Waals surface area contributed by atoms with Crippen LogP contribution in [0.3, 0.4) is 0 Å². The lowest BCUT2D eigenvalue weighted by Crippen LogP contribution is -2.26.